The maximum absolute atomic E-state index is 10.5. The molecule has 6 N–H and O–H groups in total. The van der Waals surface area contributed by atoms with Crippen LogP contribution in [0.15, 0.2) is 97.1 Å². The number of aromatic nitrogens is 8. The van der Waals surface area contributed by atoms with Gasteiger partial charge in [0.25, 0.3) is 0 Å². The number of benzene rings is 4. The summed E-state index contributed by atoms with van der Waals surface area (Å²) in [5, 5.41) is 13.5. The first-order valence-electron chi connectivity index (χ1n) is 22.1. The smallest absolute Gasteiger partial charge is 0.209 e. The van der Waals surface area contributed by atoms with Gasteiger partial charge in [-0.1, -0.05) is 175 Å². The van der Waals surface area contributed by atoms with Crippen LogP contribution in [0.1, 0.15) is 90.9 Å². The number of fused-ring (bicyclic) bond motifs is 20. The summed E-state index contributed by atoms with van der Waals surface area (Å²) in [4.78, 5) is 36.8. The number of sulfonamides is 2. The van der Waals surface area contributed by atoms with Gasteiger partial charge in [-0.15, -0.1) is 0 Å². The third-order valence-electron chi connectivity index (χ3n) is 11.0. The largest absolute Gasteiger partial charge is 0.324 e. The van der Waals surface area contributed by atoms with Gasteiger partial charge in [0.2, 0.25) is 20.0 Å². The van der Waals surface area contributed by atoms with Crippen molar-refractivity contribution in [3.05, 3.63) is 97.1 Å². The molecule has 0 atom stereocenters. The molecule has 0 saturated carbocycles. The third kappa shape index (κ3) is 11.8. The average molecular weight is 901 g/mol. The minimum atomic E-state index is -3.22. The predicted octanol–water partition coefficient (Wildman–Crippen LogP) is 10.1. The number of nitrogens with zero attached hydrogens (tertiary/aromatic N) is 6. The number of hydrogen-bond acceptors (Lipinski definition) is 10. The van der Waals surface area contributed by atoms with Crippen molar-refractivity contribution in [1.82, 2.24) is 39.9 Å². The molecule has 4 aromatic carbocycles. The van der Waals surface area contributed by atoms with Crippen molar-refractivity contribution in [2.75, 3.05) is 11.5 Å². The molecule has 0 radical (unpaired) electrons. The molecule has 0 spiro atoms. The summed E-state index contributed by atoms with van der Waals surface area (Å²) in [7, 11) is -6.43. The van der Waals surface area contributed by atoms with Crippen molar-refractivity contribution in [3.63, 3.8) is 0 Å². The van der Waals surface area contributed by atoms with Crippen LogP contribution in [0.2, 0.25) is 0 Å². The number of H-pyrrole nitrogens is 2. The second-order valence-corrected chi connectivity index (χ2v) is 19.5. The molecule has 8 bridgehead atoms. The zero-order valence-electron chi connectivity index (χ0n) is 36.4. The number of nitrogens with two attached hydrogens (primary N) is 2. The Morgan fingerprint density at radius 1 is 0.375 bits per heavy atom. The van der Waals surface area contributed by atoms with Crippen molar-refractivity contribution in [2.24, 2.45) is 10.3 Å². The zero-order valence-corrected chi connectivity index (χ0v) is 38.1. The van der Waals surface area contributed by atoms with E-state index in [4.69, 9.17) is 40.2 Å². The number of rotatable bonds is 14. The Hall–Kier alpha value is -5.94. The van der Waals surface area contributed by atoms with Crippen molar-refractivity contribution >= 4 is 64.2 Å². The van der Waals surface area contributed by atoms with E-state index in [9.17, 15) is 16.8 Å². The van der Waals surface area contributed by atoms with Gasteiger partial charge in [-0.05, 0) is 12.8 Å². The lowest BCUT2D eigenvalue weighted by molar-refractivity contribution is 0.583. The summed E-state index contributed by atoms with van der Waals surface area (Å²) in [5.74, 6) is 2.66. The molecule has 7 aromatic rings. The van der Waals surface area contributed by atoms with Crippen LogP contribution in [0.25, 0.3) is 89.7 Å². The van der Waals surface area contributed by atoms with E-state index < -0.39 is 20.0 Å². The van der Waals surface area contributed by atoms with Crippen LogP contribution < -0.4 is 10.3 Å². The highest BCUT2D eigenvalue weighted by molar-refractivity contribution is 7.89. The van der Waals surface area contributed by atoms with Gasteiger partial charge in [0, 0.05) is 43.8 Å². The van der Waals surface area contributed by atoms with E-state index >= 15 is 0 Å². The fourth-order valence-electron chi connectivity index (χ4n) is 7.76. The molecule has 0 aliphatic carbocycles. The molecule has 5 heterocycles. The first-order valence-corrected chi connectivity index (χ1v) is 25.6. The number of unbranched alkanes of at least 4 members (excludes halogenated alkanes) is 10. The van der Waals surface area contributed by atoms with E-state index in [0.717, 1.165) is 69.5 Å². The molecule has 3 aromatic heterocycles. The second-order valence-electron chi connectivity index (χ2n) is 16.1. The van der Waals surface area contributed by atoms with Gasteiger partial charge < -0.3 is 9.97 Å². The van der Waals surface area contributed by atoms with Gasteiger partial charge in [0.15, 0.2) is 23.3 Å². The lowest BCUT2D eigenvalue weighted by atomic mass is 10.1. The molecular formula is C48H56N10O4S2. The topological polar surface area (TPSA) is 229 Å². The fraction of sp³-hybridized carbons (Fsp3) is 0.333. The van der Waals surface area contributed by atoms with Gasteiger partial charge in [0.1, 0.15) is 22.6 Å². The van der Waals surface area contributed by atoms with Crippen LogP contribution in [0.4, 0.5) is 0 Å². The fourth-order valence-corrected chi connectivity index (χ4v) is 8.97. The van der Waals surface area contributed by atoms with Crippen LogP contribution in [-0.4, -0.2) is 68.2 Å². The standard InChI is InChI=1S/C32H18N8.2C8H19NO2S/c1-2-10-18-17(9-1)25-33-26(18)38-28-21-13-5-6-14-22(21)30(35-28)40-32-24-16-8-7-15-23(24)31(36-32)39-29-20-12-4-3-11-19(20)27(34-29)37-25;2*1-2-3-4-5-6-7-8-12(9,10)11/h1-16H,(H2,33,34,35,36,37,38,39,40);2*2-8H2,1H3,(H2,9,10,11). The molecule has 2 aliphatic heterocycles. The normalized spacial score (nSPS) is 11.9. The zero-order chi connectivity index (χ0) is 45.1. The van der Waals surface area contributed by atoms with Crippen molar-refractivity contribution in [3.8, 4) is 45.6 Å². The van der Waals surface area contributed by atoms with E-state index in [1.54, 1.807) is 0 Å². The Morgan fingerprint density at radius 2 is 0.625 bits per heavy atom. The number of hydrogen-bond donors (Lipinski definition) is 4. The molecular weight excluding hydrogens is 845 g/mol. The van der Waals surface area contributed by atoms with E-state index in [-0.39, 0.29) is 11.5 Å². The summed E-state index contributed by atoms with van der Waals surface area (Å²) in [6.45, 7) is 4.31. The lowest BCUT2D eigenvalue weighted by Crippen LogP contribution is -2.16. The number of primary sulfonamides is 2. The first-order chi connectivity index (χ1) is 30.9. The van der Waals surface area contributed by atoms with E-state index in [1.807, 2.05) is 97.1 Å². The van der Waals surface area contributed by atoms with Gasteiger partial charge in [-0.3, -0.25) is 0 Å². The van der Waals surface area contributed by atoms with Gasteiger partial charge >= 0.3 is 0 Å². The van der Waals surface area contributed by atoms with Crippen molar-refractivity contribution < 1.29 is 16.8 Å². The third-order valence-corrected chi connectivity index (χ3v) is 12.7. The summed E-state index contributed by atoms with van der Waals surface area (Å²) < 4.78 is 42.0. The van der Waals surface area contributed by atoms with Crippen LogP contribution in [-0.2, 0) is 20.0 Å². The Balaban J connectivity index is 0.000000212. The van der Waals surface area contributed by atoms with Crippen molar-refractivity contribution in [2.45, 2.75) is 90.9 Å². The van der Waals surface area contributed by atoms with E-state index in [0.29, 0.717) is 58.7 Å². The molecule has 16 heteroatoms. The molecule has 64 heavy (non-hydrogen) atoms. The van der Waals surface area contributed by atoms with Crippen molar-refractivity contribution in [1.29, 1.82) is 0 Å². The maximum Gasteiger partial charge on any atom is 0.209 e. The minimum absolute atomic E-state index is 0.138. The summed E-state index contributed by atoms with van der Waals surface area (Å²) >= 11 is 0. The highest BCUT2D eigenvalue weighted by atomic mass is 32.2. The Bertz CT molecular complexity index is 2770. The number of nitrogens with one attached hydrogen (secondary N) is 2. The van der Waals surface area contributed by atoms with Gasteiger partial charge in [-0.25, -0.2) is 57.0 Å². The molecule has 0 fully saturated rings. The SMILES string of the molecule is CCCCCCCCS(N)(=O)=O.CCCCCCCCS(N)(=O)=O.c1ccc2c(c1)-c1nc-2nc2[nH]c(nc3nc(nc4[nH]c(n1)c1ccccc41)-c1ccccc1-3)c1ccccc21. The van der Waals surface area contributed by atoms with Crippen LogP contribution >= 0.6 is 0 Å². The molecule has 0 saturated heterocycles. The summed E-state index contributed by atoms with van der Waals surface area (Å²) in [5.41, 5.74) is 6.45. The van der Waals surface area contributed by atoms with E-state index in [1.165, 1.54) is 38.5 Å². The Morgan fingerprint density at radius 3 is 0.891 bits per heavy atom. The highest BCUT2D eigenvalue weighted by Crippen LogP contribution is 2.36. The first kappa shape index (κ1) is 46.1. The van der Waals surface area contributed by atoms with Crippen LogP contribution in [0, 0.1) is 0 Å². The minimum Gasteiger partial charge on any atom is -0.324 e. The molecule has 14 nitrogen and oxygen atoms in total. The molecule has 2 aliphatic rings. The average Bonchev–Trinajstić information content (AvgIpc) is 4.02. The van der Waals surface area contributed by atoms with E-state index in [2.05, 4.69) is 23.8 Å². The maximum atomic E-state index is 10.5. The summed E-state index contributed by atoms with van der Waals surface area (Å²) in [6, 6.07) is 32.2. The molecule has 9 rings (SSSR count). The van der Waals surface area contributed by atoms with Crippen LogP contribution in [0.3, 0.4) is 0 Å². The Labute approximate surface area is 374 Å². The van der Waals surface area contributed by atoms with Gasteiger partial charge in [-0.2, -0.15) is 0 Å². The highest BCUT2D eigenvalue weighted by Gasteiger charge is 2.21. The molecule has 334 valence electrons. The lowest BCUT2D eigenvalue weighted by Gasteiger charge is -1.98. The van der Waals surface area contributed by atoms with Crippen LogP contribution in [0.5, 0.6) is 0 Å². The van der Waals surface area contributed by atoms with Gasteiger partial charge in [0.05, 0.1) is 11.5 Å². The molecule has 0 amide bonds. The Kier molecular flexibility index (Phi) is 15.2. The summed E-state index contributed by atoms with van der Waals surface area (Å²) in [6.07, 6.45) is 13.0. The monoisotopic (exact) mass is 900 g/mol. The quantitative estimate of drug-likeness (QED) is 0.0755. The second kappa shape index (κ2) is 21.2. The molecule has 0 unspecified atom stereocenters. The predicted molar refractivity (Wildman–Crippen MR) is 259 cm³/mol. The number of aromatic amines is 2.